The molecule has 11 heteroatoms. The van der Waals surface area contributed by atoms with Gasteiger partial charge in [0.15, 0.2) is 12.4 Å². The van der Waals surface area contributed by atoms with Crippen LogP contribution in [-0.2, 0) is 22.1 Å². The summed E-state index contributed by atoms with van der Waals surface area (Å²) in [5, 5.41) is 11.1. The number of piperidine rings is 1. The van der Waals surface area contributed by atoms with E-state index in [0.717, 1.165) is 17.5 Å². The van der Waals surface area contributed by atoms with Crippen molar-refractivity contribution in [2.45, 2.75) is 44.7 Å². The zero-order chi connectivity index (χ0) is 22.7. The highest BCUT2D eigenvalue weighted by atomic mass is 19.4. The molecule has 2 aromatic rings. The highest BCUT2D eigenvalue weighted by Gasteiger charge is 2.40. The van der Waals surface area contributed by atoms with Crippen molar-refractivity contribution in [3.05, 3.63) is 41.5 Å². The van der Waals surface area contributed by atoms with Gasteiger partial charge >= 0.3 is 12.1 Å². The molecule has 0 unspecified atom stereocenters. The number of fused-ring (bicyclic) bond motifs is 1. The predicted octanol–water partition coefficient (Wildman–Crippen LogP) is 3.23. The van der Waals surface area contributed by atoms with Crippen LogP contribution in [0.4, 0.5) is 13.2 Å². The number of carbonyl (C=O) groups excluding carboxylic acids is 1. The minimum Gasteiger partial charge on any atom is -0.482 e. The lowest BCUT2D eigenvalue weighted by molar-refractivity contribution is -0.147. The topological polar surface area (TPSA) is 81.8 Å². The van der Waals surface area contributed by atoms with E-state index in [0.29, 0.717) is 50.0 Å². The van der Waals surface area contributed by atoms with Crippen LogP contribution in [0, 0.1) is 0 Å². The number of alkyl halides is 3. The van der Waals surface area contributed by atoms with Gasteiger partial charge in [-0.15, -0.1) is 10.2 Å². The summed E-state index contributed by atoms with van der Waals surface area (Å²) < 4.78 is 50.5. The number of carbonyl (C=O) groups is 1. The summed E-state index contributed by atoms with van der Waals surface area (Å²) in [6.45, 7) is 3.35. The molecule has 8 nitrogen and oxygen atoms in total. The molecule has 0 amide bonds. The Kier molecular flexibility index (Phi) is 6.33. The largest absolute Gasteiger partial charge is 0.482 e. The van der Waals surface area contributed by atoms with Gasteiger partial charge in [-0.1, -0.05) is 12.1 Å². The quantitative estimate of drug-likeness (QED) is 0.650. The number of halogens is 3. The summed E-state index contributed by atoms with van der Waals surface area (Å²) in [6.07, 6.45) is -1.93. The van der Waals surface area contributed by atoms with Crippen molar-refractivity contribution in [2.24, 2.45) is 5.10 Å². The highest BCUT2D eigenvalue weighted by Crippen LogP contribution is 2.32. The average Bonchev–Trinajstić information content (AvgIpc) is 3.22. The molecular formula is C21H24F3N5O3. The van der Waals surface area contributed by atoms with Gasteiger partial charge < -0.3 is 14.4 Å². The third-order valence-electron chi connectivity index (χ3n) is 5.62. The molecule has 0 N–H and O–H groups in total. The van der Waals surface area contributed by atoms with Crippen molar-refractivity contribution in [2.75, 3.05) is 26.3 Å². The Balaban J connectivity index is 1.35. The van der Waals surface area contributed by atoms with Gasteiger partial charge in [-0.3, -0.25) is 0 Å². The van der Waals surface area contributed by atoms with Crippen LogP contribution in [0.1, 0.15) is 49.3 Å². The molecule has 0 atom stereocenters. The minimum absolute atomic E-state index is 0.127. The van der Waals surface area contributed by atoms with E-state index in [-0.39, 0.29) is 12.4 Å². The molecule has 0 aliphatic carbocycles. The Morgan fingerprint density at radius 3 is 2.50 bits per heavy atom. The molecular weight excluding hydrogens is 427 g/mol. The Labute approximate surface area is 183 Å². The standard InChI is InChI=1S/C21H24F3N5O3/c1-2-31-19(30)13-32-16-5-3-14(4-6-16)15-9-11-28(12-10-15)18-8-7-17-25-26-20(21(22,23)24)29(17)27-18/h3-6,15H,2,7-13H2,1H3. The summed E-state index contributed by atoms with van der Waals surface area (Å²) in [5.41, 5.74) is 1.17. The number of likely N-dealkylation sites (tertiary alicyclic amines) is 1. The molecule has 2 aliphatic heterocycles. The van der Waals surface area contributed by atoms with E-state index in [4.69, 9.17) is 9.47 Å². The van der Waals surface area contributed by atoms with E-state index in [2.05, 4.69) is 20.2 Å². The first-order valence-corrected chi connectivity index (χ1v) is 10.6. The second-order valence-corrected chi connectivity index (χ2v) is 7.69. The van der Waals surface area contributed by atoms with Crippen molar-refractivity contribution in [3.63, 3.8) is 0 Å². The first kappa shape index (κ1) is 22.1. The predicted molar refractivity (Wildman–Crippen MR) is 108 cm³/mol. The molecule has 0 saturated carbocycles. The fourth-order valence-corrected chi connectivity index (χ4v) is 4.01. The van der Waals surface area contributed by atoms with Gasteiger partial charge in [0.1, 0.15) is 11.6 Å². The lowest BCUT2D eigenvalue weighted by Crippen LogP contribution is -2.40. The monoisotopic (exact) mass is 451 g/mol. The molecule has 1 fully saturated rings. The van der Waals surface area contributed by atoms with Crippen molar-refractivity contribution in [3.8, 4) is 5.75 Å². The first-order chi connectivity index (χ1) is 15.3. The van der Waals surface area contributed by atoms with E-state index >= 15 is 0 Å². The molecule has 1 saturated heterocycles. The Hall–Kier alpha value is -3.11. The number of hydrogen-bond acceptors (Lipinski definition) is 7. The number of benzene rings is 1. The molecule has 1 aromatic heterocycles. The number of aromatic nitrogens is 3. The van der Waals surface area contributed by atoms with Gasteiger partial charge in [0.05, 0.1) is 6.61 Å². The molecule has 0 bridgehead atoms. The molecule has 0 spiro atoms. The third kappa shape index (κ3) is 4.86. The van der Waals surface area contributed by atoms with Crippen molar-refractivity contribution in [1.29, 1.82) is 0 Å². The maximum atomic E-state index is 13.1. The molecule has 4 rings (SSSR count). The van der Waals surface area contributed by atoms with Crippen molar-refractivity contribution >= 4 is 11.8 Å². The van der Waals surface area contributed by atoms with E-state index in [9.17, 15) is 18.0 Å². The number of aryl methyl sites for hydroxylation is 1. The maximum absolute atomic E-state index is 13.1. The Morgan fingerprint density at radius 2 is 1.84 bits per heavy atom. The van der Waals surface area contributed by atoms with E-state index in [1.807, 2.05) is 24.3 Å². The number of rotatable bonds is 5. The highest BCUT2D eigenvalue weighted by molar-refractivity contribution is 5.83. The average molecular weight is 451 g/mol. The molecule has 2 aliphatic rings. The van der Waals surface area contributed by atoms with Crippen LogP contribution >= 0.6 is 0 Å². The molecule has 1 aromatic carbocycles. The normalized spacial score (nSPS) is 17.0. The van der Waals surface area contributed by atoms with Gasteiger partial charge in [-0.25, -0.2) is 4.79 Å². The first-order valence-electron chi connectivity index (χ1n) is 10.6. The summed E-state index contributed by atoms with van der Waals surface area (Å²) in [4.78, 5) is 13.4. The van der Waals surface area contributed by atoms with Crippen LogP contribution in [0.3, 0.4) is 0 Å². The summed E-state index contributed by atoms with van der Waals surface area (Å²) in [5.74, 6) is 0.331. The van der Waals surface area contributed by atoms with Gasteiger partial charge in [-0.05, 0) is 43.4 Å². The number of ether oxygens (including phenoxy) is 2. The van der Waals surface area contributed by atoms with Gasteiger partial charge in [-0.2, -0.15) is 22.9 Å². The molecule has 172 valence electrons. The van der Waals surface area contributed by atoms with Crippen molar-refractivity contribution < 1.29 is 27.4 Å². The van der Waals surface area contributed by atoms with Gasteiger partial charge in [0, 0.05) is 25.9 Å². The zero-order valence-corrected chi connectivity index (χ0v) is 17.6. The SMILES string of the molecule is CCOC(=O)COc1ccc(C2CCN(C3=Nn4c(nnc4C(F)(F)F)CC3)CC2)cc1. The fourth-order valence-electron chi connectivity index (χ4n) is 4.01. The minimum atomic E-state index is -4.59. The Bertz CT molecular complexity index is 980. The number of amidine groups is 1. The number of nitrogens with zero attached hydrogens (tertiary/aromatic N) is 5. The lowest BCUT2D eigenvalue weighted by Gasteiger charge is -2.35. The van der Waals surface area contributed by atoms with Gasteiger partial charge in [0.25, 0.3) is 5.82 Å². The van der Waals surface area contributed by atoms with Gasteiger partial charge in [0.2, 0.25) is 0 Å². The second kappa shape index (κ2) is 9.17. The number of hydrogen-bond donors (Lipinski definition) is 0. The molecule has 3 heterocycles. The zero-order valence-electron chi connectivity index (χ0n) is 17.6. The van der Waals surface area contributed by atoms with E-state index in [1.165, 1.54) is 5.56 Å². The van der Waals surface area contributed by atoms with Crippen LogP contribution in [0.15, 0.2) is 29.4 Å². The van der Waals surface area contributed by atoms with Crippen molar-refractivity contribution in [1.82, 2.24) is 19.8 Å². The summed E-state index contributed by atoms with van der Waals surface area (Å²) in [6, 6.07) is 7.63. The molecule has 0 radical (unpaired) electrons. The summed E-state index contributed by atoms with van der Waals surface area (Å²) >= 11 is 0. The van der Waals surface area contributed by atoms with E-state index in [1.54, 1.807) is 6.92 Å². The van der Waals surface area contributed by atoms with Crippen LogP contribution in [-0.4, -0.2) is 57.9 Å². The molecule has 32 heavy (non-hydrogen) atoms. The second-order valence-electron chi connectivity index (χ2n) is 7.69. The van der Waals surface area contributed by atoms with E-state index < -0.39 is 18.0 Å². The van der Waals surface area contributed by atoms with Crippen LogP contribution < -0.4 is 4.74 Å². The summed E-state index contributed by atoms with van der Waals surface area (Å²) in [7, 11) is 0. The fraction of sp³-hybridized carbons (Fsp3) is 0.524. The third-order valence-corrected chi connectivity index (χ3v) is 5.62. The smallest absolute Gasteiger partial charge is 0.453 e. The lowest BCUT2D eigenvalue weighted by atomic mass is 9.89. The van der Waals surface area contributed by atoms with Crippen LogP contribution in [0.25, 0.3) is 0 Å². The Morgan fingerprint density at radius 1 is 1.12 bits per heavy atom. The van der Waals surface area contributed by atoms with Crippen LogP contribution in [0.2, 0.25) is 0 Å². The van der Waals surface area contributed by atoms with Crippen LogP contribution in [0.5, 0.6) is 5.75 Å². The number of esters is 1. The maximum Gasteiger partial charge on any atom is 0.453 e.